The Balaban J connectivity index is 1.48. The second-order valence-corrected chi connectivity index (χ2v) is 11.8. The molecule has 1 N–H and O–H groups in total. The summed E-state index contributed by atoms with van der Waals surface area (Å²) in [7, 11) is 0. The number of amides is 2. The molecular formula is C34H33NO5. The van der Waals surface area contributed by atoms with Gasteiger partial charge in [0.2, 0.25) is 11.8 Å². The molecule has 6 rings (SSSR count). The van der Waals surface area contributed by atoms with Gasteiger partial charge in [-0.2, -0.15) is 0 Å². The summed E-state index contributed by atoms with van der Waals surface area (Å²) in [5.41, 5.74) is 2.31. The molecule has 4 aliphatic rings. The van der Waals surface area contributed by atoms with Gasteiger partial charge in [0.15, 0.2) is 11.6 Å². The minimum Gasteiger partial charge on any atom is -0.507 e. The molecule has 1 heterocycles. The minimum absolute atomic E-state index is 0.0861. The molecule has 6 heteroatoms. The molecule has 2 aromatic carbocycles. The predicted molar refractivity (Wildman–Crippen MR) is 150 cm³/mol. The Labute approximate surface area is 234 Å². The number of carbonyl (C=O) groups is 4. The fourth-order valence-corrected chi connectivity index (χ4v) is 7.89. The average molecular weight is 536 g/mol. The number of para-hydroxylation sites is 1. The maximum atomic E-state index is 14.0. The van der Waals surface area contributed by atoms with Crippen LogP contribution in [0.25, 0.3) is 0 Å². The number of phenols is 1. The van der Waals surface area contributed by atoms with Crippen LogP contribution in [0.15, 0.2) is 84.5 Å². The van der Waals surface area contributed by atoms with E-state index in [1.165, 1.54) is 11.0 Å². The van der Waals surface area contributed by atoms with Gasteiger partial charge in [0.1, 0.15) is 5.75 Å². The molecule has 0 bridgehead atoms. The number of carbonyl (C=O) groups excluding carboxylic acids is 4. The van der Waals surface area contributed by atoms with E-state index < -0.39 is 29.1 Å². The lowest BCUT2D eigenvalue weighted by molar-refractivity contribution is -0.142. The van der Waals surface area contributed by atoms with Crippen molar-refractivity contribution < 1.29 is 24.3 Å². The van der Waals surface area contributed by atoms with Crippen LogP contribution in [0.2, 0.25) is 0 Å². The van der Waals surface area contributed by atoms with Crippen LogP contribution < -0.4 is 0 Å². The Hall–Kier alpha value is -4.06. The number of Topliss-reactive ketones (excluding diaryl/α,β-unsaturated/α-hetero) is 1. The summed E-state index contributed by atoms with van der Waals surface area (Å²) in [5, 5.41) is 11.5. The number of nitrogens with zero attached hydrogens (tertiary/aromatic N) is 1. The van der Waals surface area contributed by atoms with Gasteiger partial charge in [-0.3, -0.25) is 24.1 Å². The second kappa shape index (κ2) is 9.54. The zero-order valence-corrected chi connectivity index (χ0v) is 22.8. The zero-order valence-electron chi connectivity index (χ0n) is 22.8. The van der Waals surface area contributed by atoms with Crippen molar-refractivity contribution in [3.8, 4) is 5.75 Å². The van der Waals surface area contributed by atoms with Crippen LogP contribution in [0.4, 0.5) is 0 Å². The quantitative estimate of drug-likeness (QED) is 0.426. The summed E-state index contributed by atoms with van der Waals surface area (Å²) in [4.78, 5) is 56.4. The molecule has 6 nitrogen and oxygen atoms in total. The normalized spacial score (nSPS) is 31.2. The standard InChI is InChI=1S/C34H33NO5/c1-4-9-21-12-8-13-24(30(21)37)29-22-14-15-23-28(33(40)35(32(23)39)18-20-10-6-5-7-11-20)25(22)17-26-27(36)16-19(2)31(38)34(26,29)3/h4-8,10-14,16,23,25-26,28-29,37H,1,9,15,17-18H2,2-3H3/t23-,25+,26-,28-,29+,34+/m0/s1. The van der Waals surface area contributed by atoms with E-state index in [4.69, 9.17) is 0 Å². The first-order valence-corrected chi connectivity index (χ1v) is 14.0. The third-order valence-electron chi connectivity index (χ3n) is 9.74. The number of hydrogen-bond acceptors (Lipinski definition) is 5. The molecule has 0 spiro atoms. The van der Waals surface area contributed by atoms with Crippen LogP contribution in [-0.2, 0) is 32.1 Å². The number of phenolic OH excluding ortho intramolecular Hbond substituents is 1. The van der Waals surface area contributed by atoms with Crippen LogP contribution in [0.3, 0.4) is 0 Å². The number of rotatable bonds is 5. The third kappa shape index (κ3) is 3.69. The SMILES string of the molecule is C=CCc1cccc([C@H]2C3=CC[C@@H]4C(=O)N(Cc5ccccc5)C(=O)[C@@H]4[C@@H]3C[C@H]3C(=O)C=C(C)C(=O)[C@@]23C)c1O. The van der Waals surface area contributed by atoms with Crippen LogP contribution in [0.1, 0.15) is 49.3 Å². The number of hydrogen-bond donors (Lipinski definition) is 1. The van der Waals surface area contributed by atoms with E-state index in [1.54, 1.807) is 13.0 Å². The molecule has 1 saturated heterocycles. The molecule has 40 heavy (non-hydrogen) atoms. The lowest BCUT2D eigenvalue weighted by Gasteiger charge is -2.53. The number of ketones is 2. The smallest absolute Gasteiger partial charge is 0.234 e. The highest BCUT2D eigenvalue weighted by Crippen LogP contribution is 2.63. The van der Waals surface area contributed by atoms with Gasteiger partial charge in [-0.1, -0.05) is 73.2 Å². The van der Waals surface area contributed by atoms with Crippen molar-refractivity contribution in [3.05, 3.63) is 101 Å². The van der Waals surface area contributed by atoms with Gasteiger partial charge >= 0.3 is 0 Å². The van der Waals surface area contributed by atoms with Crippen LogP contribution in [0, 0.1) is 29.1 Å². The third-order valence-corrected chi connectivity index (χ3v) is 9.74. The van der Waals surface area contributed by atoms with Crippen molar-refractivity contribution in [3.63, 3.8) is 0 Å². The predicted octanol–water partition coefficient (Wildman–Crippen LogP) is 5.08. The second-order valence-electron chi connectivity index (χ2n) is 11.8. The number of benzene rings is 2. The zero-order chi connectivity index (χ0) is 28.3. The number of imide groups is 1. The first-order chi connectivity index (χ1) is 19.2. The van der Waals surface area contributed by atoms with Crippen LogP contribution >= 0.6 is 0 Å². The number of fused-ring (bicyclic) bond motifs is 4. The fourth-order valence-electron chi connectivity index (χ4n) is 7.89. The maximum Gasteiger partial charge on any atom is 0.234 e. The van der Waals surface area contributed by atoms with E-state index in [0.29, 0.717) is 36.0 Å². The summed E-state index contributed by atoms with van der Waals surface area (Å²) in [6.45, 7) is 7.52. The highest BCUT2D eigenvalue weighted by molar-refractivity contribution is 6.13. The van der Waals surface area contributed by atoms with E-state index in [9.17, 15) is 24.3 Å². The van der Waals surface area contributed by atoms with Crippen molar-refractivity contribution in [2.45, 2.75) is 45.6 Å². The Morgan fingerprint density at radius 2 is 1.77 bits per heavy atom. The molecule has 2 amide bonds. The van der Waals surface area contributed by atoms with E-state index in [0.717, 1.165) is 11.1 Å². The lowest BCUT2D eigenvalue weighted by atomic mass is 9.47. The summed E-state index contributed by atoms with van der Waals surface area (Å²) in [6.07, 6.45) is 6.31. The van der Waals surface area contributed by atoms with Gasteiger partial charge in [-0.05, 0) is 54.9 Å². The minimum atomic E-state index is -1.12. The van der Waals surface area contributed by atoms with Crippen molar-refractivity contribution >= 4 is 23.4 Å². The Kier molecular flexibility index (Phi) is 6.25. The average Bonchev–Trinajstić information content (AvgIpc) is 3.18. The highest BCUT2D eigenvalue weighted by atomic mass is 16.3. The summed E-state index contributed by atoms with van der Waals surface area (Å²) in [5.74, 6) is -3.31. The van der Waals surface area contributed by atoms with Gasteiger partial charge in [-0.25, -0.2) is 0 Å². The lowest BCUT2D eigenvalue weighted by Crippen LogP contribution is -2.54. The van der Waals surface area contributed by atoms with Crippen LogP contribution in [0.5, 0.6) is 5.75 Å². The number of likely N-dealkylation sites (tertiary alicyclic amines) is 1. The van der Waals surface area contributed by atoms with Crippen molar-refractivity contribution in [2.75, 3.05) is 0 Å². The van der Waals surface area contributed by atoms with Gasteiger partial charge < -0.3 is 5.11 Å². The van der Waals surface area contributed by atoms with Crippen LogP contribution in [-0.4, -0.2) is 33.4 Å². The summed E-state index contributed by atoms with van der Waals surface area (Å²) in [6, 6.07) is 14.9. The molecule has 1 aliphatic heterocycles. The van der Waals surface area contributed by atoms with Crippen molar-refractivity contribution in [2.24, 2.45) is 29.1 Å². The van der Waals surface area contributed by atoms with E-state index >= 15 is 0 Å². The molecule has 0 radical (unpaired) electrons. The monoisotopic (exact) mass is 535 g/mol. The van der Waals surface area contributed by atoms with Crippen molar-refractivity contribution in [1.82, 2.24) is 4.90 Å². The molecule has 0 aromatic heterocycles. The topological polar surface area (TPSA) is 91.8 Å². The number of aromatic hydroxyl groups is 1. The summed E-state index contributed by atoms with van der Waals surface area (Å²) < 4.78 is 0. The molecule has 6 atom stereocenters. The summed E-state index contributed by atoms with van der Waals surface area (Å²) >= 11 is 0. The first-order valence-electron chi connectivity index (χ1n) is 14.0. The van der Waals surface area contributed by atoms with Gasteiger partial charge in [0.05, 0.1) is 23.8 Å². The fraction of sp³-hybridized carbons (Fsp3) is 0.353. The van der Waals surface area contributed by atoms with E-state index in [1.807, 2.05) is 61.5 Å². The largest absolute Gasteiger partial charge is 0.507 e. The molecule has 1 saturated carbocycles. The van der Waals surface area contributed by atoms with E-state index in [-0.39, 0.29) is 41.6 Å². The van der Waals surface area contributed by atoms with Gasteiger partial charge in [0, 0.05) is 17.4 Å². The maximum absolute atomic E-state index is 14.0. The molecule has 0 unspecified atom stereocenters. The molecule has 2 fully saturated rings. The van der Waals surface area contributed by atoms with Gasteiger partial charge in [0.25, 0.3) is 0 Å². The van der Waals surface area contributed by atoms with Crippen molar-refractivity contribution in [1.29, 1.82) is 0 Å². The Morgan fingerprint density at radius 1 is 1.02 bits per heavy atom. The highest BCUT2D eigenvalue weighted by Gasteiger charge is 2.63. The number of allylic oxidation sites excluding steroid dienone is 5. The Bertz CT molecular complexity index is 1520. The molecular weight excluding hydrogens is 502 g/mol. The molecule has 204 valence electrons. The van der Waals surface area contributed by atoms with E-state index in [2.05, 4.69) is 6.58 Å². The Morgan fingerprint density at radius 3 is 2.50 bits per heavy atom. The molecule has 3 aliphatic carbocycles. The first kappa shape index (κ1) is 26.2. The van der Waals surface area contributed by atoms with Gasteiger partial charge in [-0.15, -0.1) is 6.58 Å². The molecule has 2 aromatic rings.